The van der Waals surface area contributed by atoms with Crippen LogP contribution in [0.1, 0.15) is 6.92 Å². The molecule has 5 heteroatoms. The molecule has 0 amide bonds. The second-order valence-electron chi connectivity index (χ2n) is 4.40. The number of likely N-dealkylation sites (N-methyl/N-ethyl adjacent to an activating group) is 1. The summed E-state index contributed by atoms with van der Waals surface area (Å²) in [6.07, 6.45) is 3.60. The Bertz CT molecular complexity index is 367. The van der Waals surface area contributed by atoms with Gasteiger partial charge < -0.3 is 9.64 Å². The molecule has 0 spiro atoms. The van der Waals surface area contributed by atoms with Gasteiger partial charge >= 0.3 is 0 Å². The first-order valence-corrected chi connectivity index (χ1v) is 6.64. The number of aromatic nitrogens is 1. The van der Waals surface area contributed by atoms with Gasteiger partial charge in [0.25, 0.3) is 0 Å². The van der Waals surface area contributed by atoms with Crippen LogP contribution in [-0.2, 0) is 0 Å². The van der Waals surface area contributed by atoms with Gasteiger partial charge in [-0.25, -0.2) is 0 Å². The van der Waals surface area contributed by atoms with E-state index in [1.807, 2.05) is 6.07 Å². The molecule has 1 aliphatic heterocycles. The molecule has 1 aromatic rings. The molecule has 0 aromatic carbocycles. The summed E-state index contributed by atoms with van der Waals surface area (Å²) in [5, 5.41) is 0. The molecule has 4 nitrogen and oxygen atoms in total. The smallest absolute Gasteiger partial charge is 0.150 e. The summed E-state index contributed by atoms with van der Waals surface area (Å²) in [6.45, 7) is 6.40. The fraction of sp³-hybridized carbons (Fsp3) is 0.583. The Morgan fingerprint density at radius 2 is 2.00 bits per heavy atom. The van der Waals surface area contributed by atoms with Crippen molar-refractivity contribution in [2.45, 2.75) is 13.2 Å². The zero-order valence-electron chi connectivity index (χ0n) is 10.3. The first-order chi connectivity index (χ1) is 8.15. The molecule has 17 heavy (non-hydrogen) atoms. The Balaban J connectivity index is 1.90. The van der Waals surface area contributed by atoms with Gasteiger partial charge in [-0.05, 0) is 36.0 Å². The van der Waals surface area contributed by atoms with Gasteiger partial charge in [-0.15, -0.1) is 0 Å². The standard InChI is InChI=1S/C12H18BrN3O/c1-10(16-5-3-15(2)4-6-16)17-12-7-11(13)8-14-9-12/h7-10H,3-6H2,1-2H3. The van der Waals surface area contributed by atoms with E-state index in [2.05, 4.69) is 44.7 Å². The van der Waals surface area contributed by atoms with E-state index in [9.17, 15) is 0 Å². The SMILES string of the molecule is CC(Oc1cncc(Br)c1)N1CCN(C)CC1. The fourth-order valence-corrected chi connectivity index (χ4v) is 2.26. The monoisotopic (exact) mass is 299 g/mol. The van der Waals surface area contributed by atoms with Crippen molar-refractivity contribution in [1.82, 2.24) is 14.8 Å². The highest BCUT2D eigenvalue weighted by Gasteiger charge is 2.20. The molecule has 94 valence electrons. The van der Waals surface area contributed by atoms with Crippen molar-refractivity contribution in [3.63, 3.8) is 0 Å². The number of pyridine rings is 1. The third-order valence-corrected chi connectivity index (χ3v) is 3.47. The van der Waals surface area contributed by atoms with Crippen LogP contribution < -0.4 is 4.74 Å². The van der Waals surface area contributed by atoms with Crippen LogP contribution in [0, 0.1) is 0 Å². The van der Waals surface area contributed by atoms with E-state index >= 15 is 0 Å². The van der Waals surface area contributed by atoms with E-state index in [0.29, 0.717) is 0 Å². The summed E-state index contributed by atoms with van der Waals surface area (Å²) in [7, 11) is 2.15. The maximum absolute atomic E-state index is 5.88. The first-order valence-electron chi connectivity index (χ1n) is 5.85. The fourth-order valence-electron chi connectivity index (χ4n) is 1.91. The minimum absolute atomic E-state index is 0.0970. The molecule has 1 atom stereocenters. The van der Waals surface area contributed by atoms with Crippen molar-refractivity contribution in [2.75, 3.05) is 33.2 Å². The number of ether oxygens (including phenoxy) is 1. The Hall–Kier alpha value is -0.650. The van der Waals surface area contributed by atoms with Gasteiger partial charge in [0.15, 0.2) is 0 Å². The van der Waals surface area contributed by atoms with Gasteiger partial charge in [-0.1, -0.05) is 0 Å². The summed E-state index contributed by atoms with van der Waals surface area (Å²) in [6, 6.07) is 1.94. The Kier molecular flexibility index (Phi) is 4.36. The average molecular weight is 300 g/mol. The molecular formula is C12H18BrN3O. The molecule has 0 bridgehead atoms. The summed E-state index contributed by atoms with van der Waals surface area (Å²) in [4.78, 5) is 8.78. The molecule has 0 saturated carbocycles. The molecule has 2 rings (SSSR count). The number of nitrogens with zero attached hydrogens (tertiary/aromatic N) is 3. The van der Waals surface area contributed by atoms with Crippen molar-refractivity contribution in [2.24, 2.45) is 0 Å². The van der Waals surface area contributed by atoms with E-state index in [0.717, 1.165) is 36.4 Å². The predicted molar refractivity (Wildman–Crippen MR) is 71.1 cm³/mol. The van der Waals surface area contributed by atoms with Crippen LogP contribution in [0.3, 0.4) is 0 Å². The number of rotatable bonds is 3. The summed E-state index contributed by atoms with van der Waals surface area (Å²) >= 11 is 3.39. The van der Waals surface area contributed by atoms with Crippen LogP contribution in [0.4, 0.5) is 0 Å². The van der Waals surface area contributed by atoms with Crippen LogP contribution in [-0.4, -0.2) is 54.2 Å². The van der Waals surface area contributed by atoms with Crippen LogP contribution in [0.2, 0.25) is 0 Å². The molecule has 1 aliphatic rings. The second-order valence-corrected chi connectivity index (χ2v) is 5.31. The molecule has 1 fully saturated rings. The van der Waals surface area contributed by atoms with E-state index in [1.165, 1.54) is 0 Å². The summed E-state index contributed by atoms with van der Waals surface area (Å²) in [5.74, 6) is 0.811. The van der Waals surface area contributed by atoms with Crippen LogP contribution in [0.15, 0.2) is 22.9 Å². The maximum Gasteiger partial charge on any atom is 0.150 e. The average Bonchev–Trinajstić information content (AvgIpc) is 2.29. The van der Waals surface area contributed by atoms with Gasteiger partial charge in [0, 0.05) is 36.8 Å². The highest BCUT2D eigenvalue weighted by molar-refractivity contribution is 9.10. The molecule has 1 saturated heterocycles. The lowest BCUT2D eigenvalue weighted by molar-refractivity contribution is 0.00882. The maximum atomic E-state index is 5.88. The lowest BCUT2D eigenvalue weighted by Gasteiger charge is -2.36. The number of piperazine rings is 1. The van der Waals surface area contributed by atoms with Crippen LogP contribution in [0.5, 0.6) is 5.75 Å². The largest absolute Gasteiger partial charge is 0.474 e. The van der Waals surface area contributed by atoms with Crippen molar-refractivity contribution in [3.8, 4) is 5.75 Å². The molecule has 0 aliphatic carbocycles. The molecule has 1 aromatic heterocycles. The third-order valence-electron chi connectivity index (χ3n) is 3.04. The lowest BCUT2D eigenvalue weighted by Crippen LogP contribution is -2.49. The molecule has 2 heterocycles. The summed E-state index contributed by atoms with van der Waals surface area (Å²) in [5.41, 5.74) is 0. The molecule has 1 unspecified atom stereocenters. The van der Waals surface area contributed by atoms with E-state index < -0.39 is 0 Å². The van der Waals surface area contributed by atoms with Crippen LogP contribution >= 0.6 is 15.9 Å². The van der Waals surface area contributed by atoms with Crippen molar-refractivity contribution >= 4 is 15.9 Å². The number of hydrogen-bond donors (Lipinski definition) is 0. The van der Waals surface area contributed by atoms with Gasteiger partial charge in [-0.2, -0.15) is 0 Å². The minimum Gasteiger partial charge on any atom is -0.474 e. The number of halogens is 1. The van der Waals surface area contributed by atoms with Crippen LogP contribution in [0.25, 0.3) is 0 Å². The van der Waals surface area contributed by atoms with E-state index in [1.54, 1.807) is 12.4 Å². The Morgan fingerprint density at radius 3 is 2.65 bits per heavy atom. The highest BCUT2D eigenvalue weighted by atomic mass is 79.9. The minimum atomic E-state index is 0.0970. The zero-order valence-corrected chi connectivity index (χ0v) is 11.9. The second kappa shape index (κ2) is 5.80. The van der Waals surface area contributed by atoms with Gasteiger partial charge in [-0.3, -0.25) is 9.88 Å². The van der Waals surface area contributed by atoms with Crippen molar-refractivity contribution in [1.29, 1.82) is 0 Å². The van der Waals surface area contributed by atoms with Gasteiger partial charge in [0.05, 0.1) is 6.20 Å². The Morgan fingerprint density at radius 1 is 1.29 bits per heavy atom. The Labute approximate surface area is 111 Å². The zero-order chi connectivity index (χ0) is 12.3. The quantitative estimate of drug-likeness (QED) is 0.851. The first kappa shape index (κ1) is 12.8. The molecule has 0 N–H and O–H groups in total. The van der Waals surface area contributed by atoms with Gasteiger partial charge in [0.1, 0.15) is 12.0 Å². The highest BCUT2D eigenvalue weighted by Crippen LogP contribution is 2.18. The van der Waals surface area contributed by atoms with Crippen molar-refractivity contribution < 1.29 is 4.74 Å². The van der Waals surface area contributed by atoms with E-state index in [-0.39, 0.29) is 6.23 Å². The summed E-state index contributed by atoms with van der Waals surface area (Å²) < 4.78 is 6.83. The normalized spacial score (nSPS) is 20.2. The number of hydrogen-bond acceptors (Lipinski definition) is 4. The lowest BCUT2D eigenvalue weighted by atomic mass is 10.3. The molecular weight excluding hydrogens is 282 g/mol. The van der Waals surface area contributed by atoms with Crippen molar-refractivity contribution in [3.05, 3.63) is 22.9 Å². The topological polar surface area (TPSA) is 28.6 Å². The molecule has 0 radical (unpaired) electrons. The predicted octanol–water partition coefficient (Wildman–Crippen LogP) is 1.82. The third kappa shape index (κ3) is 3.66. The van der Waals surface area contributed by atoms with Gasteiger partial charge in [0.2, 0.25) is 0 Å². The van der Waals surface area contributed by atoms with E-state index in [4.69, 9.17) is 4.74 Å².